The van der Waals surface area contributed by atoms with Crippen LogP contribution < -0.4 is 10.1 Å². The number of amides is 2. The van der Waals surface area contributed by atoms with E-state index < -0.39 is 11.6 Å². The number of carbonyl (C=O) groups is 2. The molecule has 8 heteroatoms. The van der Waals surface area contributed by atoms with Gasteiger partial charge in [0.2, 0.25) is 11.8 Å². The lowest BCUT2D eigenvalue weighted by Crippen LogP contribution is -2.40. The summed E-state index contributed by atoms with van der Waals surface area (Å²) in [4.78, 5) is 31.3. The lowest BCUT2D eigenvalue weighted by Gasteiger charge is -2.29. The maximum Gasteiger partial charge on any atom is 0.229 e. The van der Waals surface area contributed by atoms with Gasteiger partial charge in [-0.2, -0.15) is 0 Å². The average molecular weight is 552 g/mol. The number of pyridine rings is 1. The first-order valence-electron chi connectivity index (χ1n) is 13.7. The predicted octanol–water partition coefficient (Wildman–Crippen LogP) is 6.45. The van der Waals surface area contributed by atoms with Crippen molar-refractivity contribution >= 4 is 17.6 Å². The molecule has 40 heavy (non-hydrogen) atoms. The van der Waals surface area contributed by atoms with E-state index in [9.17, 15) is 18.4 Å². The molecule has 0 saturated heterocycles. The van der Waals surface area contributed by atoms with Gasteiger partial charge >= 0.3 is 0 Å². The quantitative estimate of drug-likeness (QED) is 0.314. The Morgan fingerprint density at radius 3 is 2.38 bits per heavy atom. The van der Waals surface area contributed by atoms with Crippen molar-refractivity contribution in [3.63, 3.8) is 0 Å². The minimum atomic E-state index is -0.537. The fraction of sp³-hybridized carbons (Fsp3) is 0.406. The Morgan fingerprint density at radius 1 is 1.02 bits per heavy atom. The van der Waals surface area contributed by atoms with E-state index in [-0.39, 0.29) is 23.1 Å². The monoisotopic (exact) mass is 551 g/mol. The zero-order valence-corrected chi connectivity index (χ0v) is 23.8. The van der Waals surface area contributed by atoms with Gasteiger partial charge in [-0.3, -0.25) is 9.59 Å². The van der Waals surface area contributed by atoms with Gasteiger partial charge in [-0.25, -0.2) is 13.8 Å². The Morgan fingerprint density at radius 2 is 1.75 bits per heavy atom. The smallest absolute Gasteiger partial charge is 0.229 e. The van der Waals surface area contributed by atoms with Crippen molar-refractivity contribution in [1.82, 2.24) is 9.88 Å². The van der Waals surface area contributed by atoms with Gasteiger partial charge in [-0.05, 0) is 66.8 Å². The Kier molecular flexibility index (Phi) is 11.2. The Labute approximate surface area is 235 Å². The maximum atomic E-state index is 12.7. The van der Waals surface area contributed by atoms with Crippen LogP contribution in [0.1, 0.15) is 51.2 Å². The number of carbonyl (C=O) groups excluding carboxylic acids is 2. The number of nitrogens with zero attached hydrogens (tertiary/aromatic N) is 2. The van der Waals surface area contributed by atoms with E-state index in [2.05, 4.69) is 17.2 Å². The molecule has 0 spiro atoms. The van der Waals surface area contributed by atoms with E-state index in [4.69, 9.17) is 4.74 Å². The second-order valence-corrected chi connectivity index (χ2v) is 10.7. The van der Waals surface area contributed by atoms with Gasteiger partial charge in [0.05, 0.1) is 6.54 Å². The number of nitrogens with one attached hydrogen (secondary N) is 1. The van der Waals surface area contributed by atoms with E-state index in [0.29, 0.717) is 25.4 Å². The molecule has 214 valence electrons. The molecular weight excluding hydrogens is 512 g/mol. The van der Waals surface area contributed by atoms with Crippen molar-refractivity contribution in [2.24, 2.45) is 11.3 Å². The zero-order chi connectivity index (χ0) is 29.1. The molecule has 2 aromatic carbocycles. The standard InChI is InChI=1S/C26H35N3O3.C6H4F2/c1-5-6-12-26(2,3)25(31)29(4)14-15-32-22-11-10-19-16-21(17-20(19)18-22)24(30)28-23-9-7-8-13-27-23;7-5-2-1-3-6(8)4-5/h7-11,13,18,21H,5-6,12,14-17H2,1-4H3,(H,27,28,30);1-4H/t21-;/m1./s1. The van der Waals surface area contributed by atoms with E-state index in [0.717, 1.165) is 43.1 Å². The second-order valence-electron chi connectivity index (χ2n) is 10.7. The summed E-state index contributed by atoms with van der Waals surface area (Å²) in [6.07, 6.45) is 6.12. The van der Waals surface area contributed by atoms with Crippen LogP contribution >= 0.6 is 0 Å². The lowest BCUT2D eigenvalue weighted by molar-refractivity contribution is -0.139. The molecule has 1 aliphatic carbocycles. The summed E-state index contributed by atoms with van der Waals surface area (Å²) in [5.74, 6) is 0.333. The van der Waals surface area contributed by atoms with Crippen LogP contribution in [-0.4, -0.2) is 41.9 Å². The van der Waals surface area contributed by atoms with Crippen molar-refractivity contribution in [3.05, 3.63) is 89.6 Å². The molecule has 0 radical (unpaired) electrons. The molecule has 6 nitrogen and oxygen atoms in total. The highest BCUT2D eigenvalue weighted by Crippen LogP contribution is 2.31. The van der Waals surface area contributed by atoms with Crippen molar-refractivity contribution in [1.29, 1.82) is 0 Å². The summed E-state index contributed by atoms with van der Waals surface area (Å²) in [6.45, 7) is 7.16. The first-order chi connectivity index (χ1) is 19.1. The molecule has 1 heterocycles. The fourth-order valence-electron chi connectivity index (χ4n) is 4.64. The van der Waals surface area contributed by atoms with Gasteiger partial charge in [0, 0.05) is 30.6 Å². The van der Waals surface area contributed by atoms with E-state index in [1.54, 1.807) is 17.2 Å². The number of hydrogen-bond donors (Lipinski definition) is 1. The molecule has 0 unspecified atom stereocenters. The van der Waals surface area contributed by atoms with Gasteiger partial charge < -0.3 is 15.0 Å². The Hall–Kier alpha value is -3.81. The molecule has 0 aliphatic heterocycles. The summed E-state index contributed by atoms with van der Waals surface area (Å²) in [5.41, 5.74) is 1.99. The number of anilines is 1. The normalized spacial score (nSPS) is 14.0. The molecule has 3 aromatic rings. The molecule has 1 aromatic heterocycles. The first-order valence-corrected chi connectivity index (χ1v) is 13.7. The van der Waals surface area contributed by atoms with Gasteiger partial charge in [-0.1, -0.05) is 51.8 Å². The van der Waals surface area contributed by atoms with Crippen LogP contribution in [0.2, 0.25) is 0 Å². The highest BCUT2D eigenvalue weighted by molar-refractivity contribution is 5.92. The molecule has 0 saturated carbocycles. The highest BCUT2D eigenvalue weighted by Gasteiger charge is 2.30. The Balaban J connectivity index is 0.000000472. The molecule has 1 aliphatic rings. The van der Waals surface area contributed by atoms with Gasteiger partial charge in [0.15, 0.2) is 0 Å². The van der Waals surface area contributed by atoms with Crippen LogP contribution in [0, 0.1) is 23.0 Å². The molecule has 2 amide bonds. The maximum absolute atomic E-state index is 12.7. The number of likely N-dealkylation sites (N-methyl/N-ethyl adjacent to an activating group) is 1. The SMILES string of the molecule is CCCCC(C)(C)C(=O)N(C)CCOc1ccc2c(c1)C[C@H](C(=O)Nc1ccccn1)C2.Fc1cccc(F)c1. The van der Waals surface area contributed by atoms with Crippen LogP contribution in [0.25, 0.3) is 0 Å². The average Bonchev–Trinajstić information content (AvgIpc) is 3.36. The third-order valence-corrected chi connectivity index (χ3v) is 6.96. The predicted molar refractivity (Wildman–Crippen MR) is 153 cm³/mol. The summed E-state index contributed by atoms with van der Waals surface area (Å²) in [6, 6.07) is 16.0. The number of benzene rings is 2. The third kappa shape index (κ3) is 9.14. The second kappa shape index (κ2) is 14.5. The Bertz CT molecular complexity index is 1250. The molecule has 4 rings (SSSR count). The molecule has 0 bridgehead atoms. The zero-order valence-electron chi connectivity index (χ0n) is 23.8. The van der Waals surface area contributed by atoms with E-state index in [1.165, 1.54) is 23.8 Å². The lowest BCUT2D eigenvalue weighted by atomic mass is 9.86. The fourth-order valence-corrected chi connectivity index (χ4v) is 4.64. The molecule has 0 fully saturated rings. The van der Waals surface area contributed by atoms with Crippen molar-refractivity contribution in [2.45, 2.75) is 52.9 Å². The minimum absolute atomic E-state index is 0.00630. The summed E-state index contributed by atoms with van der Waals surface area (Å²) < 4.78 is 29.8. The van der Waals surface area contributed by atoms with E-state index in [1.807, 2.05) is 51.2 Å². The number of unbranched alkanes of at least 4 members (excludes halogenated alkanes) is 1. The van der Waals surface area contributed by atoms with Crippen LogP contribution in [0.4, 0.5) is 14.6 Å². The number of fused-ring (bicyclic) bond motifs is 1. The van der Waals surface area contributed by atoms with Gasteiger partial charge in [-0.15, -0.1) is 0 Å². The van der Waals surface area contributed by atoms with E-state index >= 15 is 0 Å². The highest BCUT2D eigenvalue weighted by atomic mass is 19.1. The number of halogens is 2. The number of hydrogen-bond acceptors (Lipinski definition) is 4. The molecule has 1 N–H and O–H groups in total. The summed E-state index contributed by atoms with van der Waals surface area (Å²) in [5, 5.41) is 2.90. The van der Waals surface area contributed by atoms with Gasteiger partial charge in [0.1, 0.15) is 29.8 Å². The molecule has 1 atom stereocenters. The minimum Gasteiger partial charge on any atom is -0.492 e. The van der Waals surface area contributed by atoms with Crippen LogP contribution in [0.5, 0.6) is 5.75 Å². The van der Waals surface area contributed by atoms with Gasteiger partial charge in [0.25, 0.3) is 0 Å². The van der Waals surface area contributed by atoms with Crippen LogP contribution in [-0.2, 0) is 22.4 Å². The summed E-state index contributed by atoms with van der Waals surface area (Å²) in [7, 11) is 1.84. The largest absolute Gasteiger partial charge is 0.492 e. The van der Waals surface area contributed by atoms with Crippen LogP contribution in [0.3, 0.4) is 0 Å². The number of ether oxygens (including phenoxy) is 1. The summed E-state index contributed by atoms with van der Waals surface area (Å²) >= 11 is 0. The number of aromatic nitrogens is 1. The molecular formula is C32H39F2N3O3. The first kappa shape index (κ1) is 30.7. The van der Waals surface area contributed by atoms with Crippen molar-refractivity contribution in [3.8, 4) is 5.75 Å². The van der Waals surface area contributed by atoms with Crippen LogP contribution in [0.15, 0.2) is 66.9 Å². The van der Waals surface area contributed by atoms with Crippen molar-refractivity contribution in [2.75, 3.05) is 25.5 Å². The topological polar surface area (TPSA) is 71.5 Å². The van der Waals surface area contributed by atoms with Crippen molar-refractivity contribution < 1.29 is 23.1 Å². The third-order valence-electron chi connectivity index (χ3n) is 6.96. The number of rotatable bonds is 10.